The SMILES string of the molecule is O=C(N[C@H]1CN(Cc2ccccn2)[C@H]2CCCO[C@@H]12)c1cnccn1.O=C(O)C(F)(F)F.O=C(O)C(F)(F)F. The van der Waals surface area contributed by atoms with E-state index in [2.05, 4.69) is 25.2 Å². The zero-order chi connectivity index (χ0) is 29.2. The van der Waals surface area contributed by atoms with Crippen LogP contribution in [0, 0.1) is 0 Å². The molecule has 39 heavy (non-hydrogen) atoms. The normalized spacial score (nSPS) is 20.8. The van der Waals surface area contributed by atoms with Gasteiger partial charge in [-0.2, -0.15) is 26.3 Å². The molecule has 0 spiro atoms. The molecule has 2 fully saturated rings. The molecule has 214 valence electrons. The number of carbonyl (C=O) groups excluding carboxylic acids is 1. The summed E-state index contributed by atoms with van der Waals surface area (Å²) in [5.41, 5.74) is 1.37. The van der Waals surface area contributed by atoms with Gasteiger partial charge in [-0.3, -0.25) is 19.7 Å². The summed E-state index contributed by atoms with van der Waals surface area (Å²) in [6, 6.07) is 6.21. The first-order valence-electron chi connectivity index (χ1n) is 11.1. The summed E-state index contributed by atoms with van der Waals surface area (Å²) in [6.07, 6.45) is -1.65. The lowest BCUT2D eigenvalue weighted by Crippen LogP contribution is -2.47. The van der Waals surface area contributed by atoms with Crippen molar-refractivity contribution in [2.75, 3.05) is 13.2 Å². The van der Waals surface area contributed by atoms with E-state index in [1.54, 1.807) is 6.20 Å². The predicted octanol–water partition coefficient (Wildman–Crippen LogP) is 2.30. The van der Waals surface area contributed by atoms with Gasteiger partial charge in [-0.15, -0.1) is 0 Å². The highest BCUT2D eigenvalue weighted by Gasteiger charge is 2.44. The molecule has 2 aromatic heterocycles. The highest BCUT2D eigenvalue weighted by Crippen LogP contribution is 2.30. The van der Waals surface area contributed by atoms with Crippen LogP contribution in [0.4, 0.5) is 26.3 Å². The molecule has 3 N–H and O–H groups in total. The molecule has 0 bridgehead atoms. The number of aliphatic carboxylic acids is 2. The van der Waals surface area contributed by atoms with Gasteiger partial charge in [0.25, 0.3) is 5.91 Å². The van der Waals surface area contributed by atoms with Crippen LogP contribution < -0.4 is 5.32 Å². The lowest BCUT2D eigenvalue weighted by Gasteiger charge is -2.32. The first-order valence-corrected chi connectivity index (χ1v) is 11.1. The van der Waals surface area contributed by atoms with Crippen molar-refractivity contribution in [3.8, 4) is 0 Å². The monoisotopic (exact) mass is 567 g/mol. The Morgan fingerprint density at radius 3 is 2.15 bits per heavy atom. The molecule has 0 radical (unpaired) electrons. The van der Waals surface area contributed by atoms with Crippen LogP contribution in [0.3, 0.4) is 0 Å². The first kappa shape index (κ1) is 31.4. The van der Waals surface area contributed by atoms with Crippen molar-refractivity contribution in [2.24, 2.45) is 0 Å². The van der Waals surface area contributed by atoms with Gasteiger partial charge < -0.3 is 20.3 Å². The number of pyridine rings is 1. The molecule has 4 heterocycles. The molecule has 2 saturated heterocycles. The number of nitrogens with zero attached hydrogens (tertiary/aromatic N) is 4. The Kier molecular flexibility index (Phi) is 11.1. The number of carboxylic acid groups (broad SMARTS) is 2. The quantitative estimate of drug-likeness (QED) is 0.469. The number of hydrogen-bond donors (Lipinski definition) is 3. The third-order valence-electron chi connectivity index (χ3n) is 5.32. The van der Waals surface area contributed by atoms with Crippen molar-refractivity contribution in [1.82, 2.24) is 25.2 Å². The molecule has 17 heteroatoms. The van der Waals surface area contributed by atoms with Gasteiger partial charge >= 0.3 is 24.3 Å². The van der Waals surface area contributed by atoms with Gasteiger partial charge in [-0.05, 0) is 25.0 Å². The van der Waals surface area contributed by atoms with Gasteiger partial charge in [-0.25, -0.2) is 14.6 Å². The van der Waals surface area contributed by atoms with Crippen LogP contribution in [0.2, 0.25) is 0 Å². The number of halogens is 6. The van der Waals surface area contributed by atoms with Crippen molar-refractivity contribution in [3.63, 3.8) is 0 Å². The molecular formula is C22H23F6N5O6. The topological polar surface area (TPSA) is 155 Å². The Bertz CT molecular complexity index is 1070. The van der Waals surface area contributed by atoms with Crippen LogP contribution in [0.1, 0.15) is 29.0 Å². The zero-order valence-electron chi connectivity index (χ0n) is 19.9. The number of fused-ring (bicyclic) bond motifs is 1. The largest absolute Gasteiger partial charge is 0.490 e. The average Bonchev–Trinajstić information content (AvgIpc) is 3.21. The van der Waals surface area contributed by atoms with E-state index in [1.807, 2.05) is 24.4 Å². The molecule has 0 aliphatic carbocycles. The highest BCUT2D eigenvalue weighted by atomic mass is 19.4. The average molecular weight is 567 g/mol. The third kappa shape index (κ3) is 10.1. The fraction of sp³-hybridized carbons (Fsp3) is 0.455. The second-order valence-corrected chi connectivity index (χ2v) is 8.07. The number of ether oxygens (including phenoxy) is 1. The summed E-state index contributed by atoms with van der Waals surface area (Å²) in [6.45, 7) is 2.26. The summed E-state index contributed by atoms with van der Waals surface area (Å²) >= 11 is 0. The van der Waals surface area contributed by atoms with Crippen molar-refractivity contribution in [3.05, 3.63) is 54.4 Å². The fourth-order valence-corrected chi connectivity index (χ4v) is 3.72. The molecule has 0 aromatic carbocycles. The van der Waals surface area contributed by atoms with Crippen LogP contribution in [0.25, 0.3) is 0 Å². The van der Waals surface area contributed by atoms with Crippen LogP contribution in [-0.4, -0.2) is 91.6 Å². The van der Waals surface area contributed by atoms with Crippen LogP contribution >= 0.6 is 0 Å². The maximum atomic E-state index is 12.4. The van der Waals surface area contributed by atoms with E-state index in [-0.39, 0.29) is 18.1 Å². The number of carboxylic acids is 2. The Labute approximate surface area is 216 Å². The van der Waals surface area contributed by atoms with Crippen LogP contribution in [0.15, 0.2) is 43.0 Å². The Balaban J connectivity index is 0.000000317. The summed E-state index contributed by atoms with van der Waals surface area (Å²) < 4.78 is 69.5. The van der Waals surface area contributed by atoms with Gasteiger partial charge in [0, 0.05) is 44.3 Å². The number of hydrogen-bond acceptors (Lipinski definition) is 8. The zero-order valence-corrected chi connectivity index (χ0v) is 19.9. The molecule has 0 saturated carbocycles. The van der Waals surface area contributed by atoms with Gasteiger partial charge in [0.2, 0.25) is 0 Å². The molecule has 0 unspecified atom stereocenters. The van der Waals surface area contributed by atoms with E-state index in [0.717, 1.165) is 38.2 Å². The van der Waals surface area contributed by atoms with Gasteiger partial charge in [0.1, 0.15) is 5.69 Å². The van der Waals surface area contributed by atoms with Gasteiger partial charge in [0.15, 0.2) is 0 Å². The first-order chi connectivity index (χ1) is 18.2. The van der Waals surface area contributed by atoms with Crippen molar-refractivity contribution in [1.29, 1.82) is 0 Å². The van der Waals surface area contributed by atoms with E-state index in [9.17, 15) is 31.1 Å². The molecule has 2 aromatic rings. The third-order valence-corrected chi connectivity index (χ3v) is 5.32. The maximum absolute atomic E-state index is 12.4. The molecule has 2 aliphatic heterocycles. The number of likely N-dealkylation sites (tertiary alicyclic amines) is 1. The van der Waals surface area contributed by atoms with Gasteiger partial charge in [-0.1, -0.05) is 6.07 Å². The number of nitrogens with one attached hydrogen (secondary N) is 1. The van der Waals surface area contributed by atoms with Gasteiger partial charge in [0.05, 0.1) is 24.0 Å². The lowest BCUT2D eigenvalue weighted by molar-refractivity contribution is -0.193. The number of aromatic nitrogens is 3. The van der Waals surface area contributed by atoms with E-state index in [0.29, 0.717) is 11.7 Å². The van der Waals surface area contributed by atoms with E-state index >= 15 is 0 Å². The van der Waals surface area contributed by atoms with Crippen LogP contribution in [0.5, 0.6) is 0 Å². The predicted molar refractivity (Wildman–Crippen MR) is 118 cm³/mol. The van der Waals surface area contributed by atoms with E-state index in [4.69, 9.17) is 24.5 Å². The number of rotatable bonds is 4. The Morgan fingerprint density at radius 1 is 1.00 bits per heavy atom. The minimum Gasteiger partial charge on any atom is -0.475 e. The number of amides is 1. The second-order valence-electron chi connectivity index (χ2n) is 8.07. The van der Waals surface area contributed by atoms with E-state index in [1.165, 1.54) is 12.4 Å². The molecule has 11 nitrogen and oxygen atoms in total. The Hall–Kier alpha value is -3.86. The number of carbonyl (C=O) groups is 3. The minimum absolute atomic E-state index is 0.0121. The summed E-state index contributed by atoms with van der Waals surface area (Å²) in [5, 5.41) is 17.3. The van der Waals surface area contributed by atoms with E-state index < -0.39 is 24.3 Å². The van der Waals surface area contributed by atoms with Crippen molar-refractivity contribution >= 4 is 17.8 Å². The smallest absolute Gasteiger partial charge is 0.475 e. The summed E-state index contributed by atoms with van der Waals surface area (Å²) in [7, 11) is 0. The maximum Gasteiger partial charge on any atom is 0.490 e. The summed E-state index contributed by atoms with van der Waals surface area (Å²) in [5.74, 6) is -5.72. The molecule has 3 atom stereocenters. The Morgan fingerprint density at radius 2 is 1.64 bits per heavy atom. The molecular weight excluding hydrogens is 544 g/mol. The fourth-order valence-electron chi connectivity index (χ4n) is 3.72. The molecule has 1 amide bonds. The standard InChI is InChI=1S/C18H21N5O2.2C2HF3O2/c24-18(14-10-19-7-8-21-14)22-15-12-23(11-13-4-1-2-6-20-13)16-5-3-9-25-17(15)16;2*3-2(4,5)1(6)7/h1-2,4,6-8,10,15-17H,3,5,9,11-12H2,(H,22,24);2*(H,6,7)/t15-,16-,17-;;/m0../s1. The highest BCUT2D eigenvalue weighted by molar-refractivity contribution is 5.92. The van der Waals surface area contributed by atoms with Crippen molar-refractivity contribution in [2.45, 2.75) is 49.9 Å². The number of alkyl halides is 6. The van der Waals surface area contributed by atoms with Crippen LogP contribution in [-0.2, 0) is 20.9 Å². The molecule has 2 aliphatic rings. The summed E-state index contributed by atoms with van der Waals surface area (Å²) in [4.78, 5) is 45.1. The van der Waals surface area contributed by atoms with Crippen molar-refractivity contribution < 1.29 is 55.7 Å². The molecule has 4 rings (SSSR count). The lowest BCUT2D eigenvalue weighted by atomic mass is 10.0. The second kappa shape index (κ2) is 13.8. The minimum atomic E-state index is -5.08.